The fourth-order valence-electron chi connectivity index (χ4n) is 1.52. The van der Waals surface area contributed by atoms with E-state index < -0.39 is 0 Å². The van der Waals surface area contributed by atoms with E-state index in [1.807, 2.05) is 12.3 Å². The van der Waals surface area contributed by atoms with Crippen LogP contribution in [0.3, 0.4) is 0 Å². The number of nitrogens with two attached hydrogens (primary N) is 1. The second kappa shape index (κ2) is 3.64. The number of nitrogens with zero attached hydrogens (tertiary/aromatic N) is 3. The molecule has 1 saturated carbocycles. The third kappa shape index (κ3) is 1.74. The van der Waals surface area contributed by atoms with Crippen molar-refractivity contribution in [2.24, 2.45) is 5.73 Å². The molecule has 2 heterocycles. The first kappa shape index (κ1) is 9.92. The summed E-state index contributed by atoms with van der Waals surface area (Å²) in [6.45, 7) is 1.95. The molecule has 6 heteroatoms. The molecule has 0 amide bonds. The summed E-state index contributed by atoms with van der Waals surface area (Å²) in [5.41, 5.74) is 6.83. The topological polar surface area (TPSA) is 77.8 Å². The predicted octanol–water partition coefficient (Wildman–Crippen LogP) is 1.76. The van der Waals surface area contributed by atoms with Gasteiger partial charge in [0.1, 0.15) is 6.04 Å². The number of hydrogen-bond donors (Lipinski definition) is 1. The molecule has 0 radical (unpaired) electrons. The van der Waals surface area contributed by atoms with E-state index in [-0.39, 0.29) is 6.04 Å². The van der Waals surface area contributed by atoms with E-state index in [4.69, 9.17) is 10.3 Å². The van der Waals surface area contributed by atoms with Gasteiger partial charge in [-0.3, -0.25) is 0 Å². The van der Waals surface area contributed by atoms with Gasteiger partial charge in [0, 0.05) is 11.3 Å². The molecular formula is C10H12N4OS. The maximum Gasteiger partial charge on any atom is 0.229 e. The molecule has 1 unspecified atom stereocenters. The minimum atomic E-state index is -0.374. The smallest absolute Gasteiger partial charge is 0.229 e. The average molecular weight is 236 g/mol. The van der Waals surface area contributed by atoms with Crippen LogP contribution < -0.4 is 5.73 Å². The number of hydrogen-bond acceptors (Lipinski definition) is 6. The molecule has 84 valence electrons. The highest BCUT2D eigenvalue weighted by Crippen LogP contribution is 2.39. The van der Waals surface area contributed by atoms with Crippen LogP contribution in [0, 0.1) is 6.92 Å². The van der Waals surface area contributed by atoms with Gasteiger partial charge in [-0.1, -0.05) is 5.16 Å². The fourth-order valence-corrected chi connectivity index (χ4v) is 2.17. The van der Waals surface area contributed by atoms with Gasteiger partial charge in [-0.2, -0.15) is 4.98 Å². The molecule has 2 aromatic rings. The number of aryl methyl sites for hydroxylation is 1. The molecule has 2 N–H and O–H groups in total. The Hall–Kier alpha value is -1.27. The Morgan fingerprint density at radius 3 is 2.94 bits per heavy atom. The van der Waals surface area contributed by atoms with Gasteiger partial charge in [0.2, 0.25) is 5.89 Å². The van der Waals surface area contributed by atoms with Crippen LogP contribution >= 0.6 is 11.3 Å². The third-order valence-corrected chi connectivity index (χ3v) is 3.41. The molecule has 1 aliphatic carbocycles. The van der Waals surface area contributed by atoms with E-state index in [9.17, 15) is 0 Å². The Morgan fingerprint density at radius 1 is 1.50 bits per heavy atom. The summed E-state index contributed by atoms with van der Waals surface area (Å²) < 4.78 is 5.17. The number of thiazole rings is 1. The van der Waals surface area contributed by atoms with E-state index >= 15 is 0 Å². The first-order chi connectivity index (χ1) is 7.74. The van der Waals surface area contributed by atoms with Crippen LogP contribution in [0.4, 0.5) is 0 Å². The van der Waals surface area contributed by atoms with Gasteiger partial charge >= 0.3 is 0 Å². The van der Waals surface area contributed by atoms with Crippen LogP contribution in [0.1, 0.15) is 47.2 Å². The Bertz CT molecular complexity index is 502. The summed E-state index contributed by atoms with van der Waals surface area (Å²) in [6.07, 6.45) is 2.29. The van der Waals surface area contributed by atoms with E-state index in [1.54, 1.807) is 11.3 Å². The molecule has 1 fully saturated rings. The van der Waals surface area contributed by atoms with Crippen molar-refractivity contribution < 1.29 is 4.52 Å². The Kier molecular flexibility index (Phi) is 2.26. The highest BCUT2D eigenvalue weighted by atomic mass is 32.1. The lowest BCUT2D eigenvalue weighted by molar-refractivity contribution is 0.372. The normalized spacial score (nSPS) is 17.6. The molecule has 1 atom stereocenters. The number of rotatable bonds is 3. The summed E-state index contributed by atoms with van der Waals surface area (Å²) in [5.74, 6) is 1.72. The lowest BCUT2D eigenvalue weighted by atomic mass is 10.2. The van der Waals surface area contributed by atoms with Crippen molar-refractivity contribution in [3.63, 3.8) is 0 Å². The monoisotopic (exact) mass is 236 g/mol. The van der Waals surface area contributed by atoms with Gasteiger partial charge in [-0.15, -0.1) is 11.3 Å². The molecule has 1 aliphatic rings. The minimum absolute atomic E-state index is 0.374. The summed E-state index contributed by atoms with van der Waals surface area (Å²) >= 11 is 1.58. The summed E-state index contributed by atoms with van der Waals surface area (Å²) in [5, 5.41) is 6.85. The Balaban J connectivity index is 1.84. The lowest BCUT2D eigenvalue weighted by Crippen LogP contribution is -2.14. The van der Waals surface area contributed by atoms with Crippen LogP contribution in [0.5, 0.6) is 0 Å². The standard InChI is InChI=1S/C10H12N4OS/c1-5-12-7(4-16-5)8(11)9-13-10(15-14-9)6-2-3-6/h4,6,8H,2-3,11H2,1H3. The molecule has 0 aliphatic heterocycles. The zero-order chi connectivity index (χ0) is 11.1. The van der Waals surface area contributed by atoms with Crippen molar-refractivity contribution in [1.82, 2.24) is 15.1 Å². The van der Waals surface area contributed by atoms with E-state index in [0.717, 1.165) is 29.4 Å². The molecule has 3 rings (SSSR count). The lowest BCUT2D eigenvalue weighted by Gasteiger charge is -2.01. The first-order valence-electron chi connectivity index (χ1n) is 5.25. The molecule has 5 nitrogen and oxygen atoms in total. The van der Waals surface area contributed by atoms with Crippen molar-refractivity contribution in [3.8, 4) is 0 Å². The van der Waals surface area contributed by atoms with Crippen LogP contribution in [0.2, 0.25) is 0 Å². The molecule has 0 aromatic carbocycles. The van der Waals surface area contributed by atoms with Gasteiger partial charge in [-0.05, 0) is 19.8 Å². The van der Waals surface area contributed by atoms with Crippen LogP contribution in [0.25, 0.3) is 0 Å². The summed E-state index contributed by atoms with van der Waals surface area (Å²) in [4.78, 5) is 8.65. The maximum atomic E-state index is 6.02. The maximum absolute atomic E-state index is 6.02. The molecule has 0 spiro atoms. The first-order valence-corrected chi connectivity index (χ1v) is 6.13. The van der Waals surface area contributed by atoms with Crippen molar-refractivity contribution in [2.75, 3.05) is 0 Å². The van der Waals surface area contributed by atoms with Crippen LogP contribution in [-0.4, -0.2) is 15.1 Å². The highest BCUT2D eigenvalue weighted by Gasteiger charge is 2.30. The predicted molar refractivity (Wildman–Crippen MR) is 59.2 cm³/mol. The van der Waals surface area contributed by atoms with Gasteiger partial charge in [0.15, 0.2) is 5.82 Å². The van der Waals surface area contributed by atoms with Gasteiger partial charge in [0.25, 0.3) is 0 Å². The Morgan fingerprint density at radius 2 is 2.31 bits per heavy atom. The second-order valence-electron chi connectivity index (χ2n) is 4.03. The van der Waals surface area contributed by atoms with E-state index in [1.165, 1.54) is 0 Å². The van der Waals surface area contributed by atoms with Gasteiger partial charge < -0.3 is 10.3 Å². The van der Waals surface area contributed by atoms with Crippen molar-refractivity contribution in [2.45, 2.75) is 31.7 Å². The quantitative estimate of drug-likeness (QED) is 0.878. The van der Waals surface area contributed by atoms with Gasteiger partial charge in [-0.25, -0.2) is 4.98 Å². The molecule has 2 aromatic heterocycles. The highest BCUT2D eigenvalue weighted by molar-refractivity contribution is 7.09. The second-order valence-corrected chi connectivity index (χ2v) is 5.10. The molecule has 16 heavy (non-hydrogen) atoms. The minimum Gasteiger partial charge on any atom is -0.339 e. The van der Waals surface area contributed by atoms with Crippen molar-refractivity contribution in [1.29, 1.82) is 0 Å². The van der Waals surface area contributed by atoms with Gasteiger partial charge in [0.05, 0.1) is 10.7 Å². The van der Waals surface area contributed by atoms with E-state index in [0.29, 0.717) is 11.7 Å². The third-order valence-electron chi connectivity index (χ3n) is 2.62. The van der Waals surface area contributed by atoms with Crippen LogP contribution in [-0.2, 0) is 0 Å². The van der Waals surface area contributed by atoms with Crippen molar-refractivity contribution >= 4 is 11.3 Å². The van der Waals surface area contributed by atoms with Crippen LogP contribution in [0.15, 0.2) is 9.90 Å². The number of aromatic nitrogens is 3. The fraction of sp³-hybridized carbons (Fsp3) is 0.500. The molecule has 0 saturated heterocycles. The van der Waals surface area contributed by atoms with E-state index in [2.05, 4.69) is 15.1 Å². The zero-order valence-electron chi connectivity index (χ0n) is 8.88. The largest absolute Gasteiger partial charge is 0.339 e. The Labute approximate surface area is 96.7 Å². The zero-order valence-corrected chi connectivity index (χ0v) is 9.70. The summed E-state index contributed by atoms with van der Waals surface area (Å²) in [7, 11) is 0. The SMILES string of the molecule is Cc1nc(C(N)c2noc(C3CC3)n2)cs1. The van der Waals surface area contributed by atoms with Crippen molar-refractivity contribution in [3.05, 3.63) is 27.8 Å². The molecule has 0 bridgehead atoms. The molecular weight excluding hydrogens is 224 g/mol. The average Bonchev–Trinajstić information content (AvgIpc) is 2.86. The summed E-state index contributed by atoms with van der Waals surface area (Å²) in [6, 6.07) is -0.374.